The molecule has 0 saturated carbocycles. The smallest absolute Gasteiger partial charge is 0.250 e. The standard InChI is InChI=1S/C19H20ClN3O2S/c1-13(15-7-5-8-17(10-15)21-14(2)24)22-23-19(25)12-26-11-16-6-3-4-9-18(16)20/h3-10H,11-12H2,1-2H3,(H,21,24)(H,23,25)/b22-13-. The summed E-state index contributed by atoms with van der Waals surface area (Å²) < 4.78 is 0. The van der Waals surface area contributed by atoms with Crippen LogP contribution in [-0.4, -0.2) is 23.3 Å². The number of thioether (sulfide) groups is 1. The van der Waals surface area contributed by atoms with E-state index in [1.807, 2.05) is 36.4 Å². The Morgan fingerprint density at radius 3 is 2.62 bits per heavy atom. The van der Waals surface area contributed by atoms with Crippen LogP contribution in [0.4, 0.5) is 5.69 Å². The first kappa shape index (κ1) is 20.0. The largest absolute Gasteiger partial charge is 0.326 e. The molecule has 5 nitrogen and oxygen atoms in total. The molecule has 0 saturated heterocycles. The van der Waals surface area contributed by atoms with E-state index in [4.69, 9.17) is 11.6 Å². The van der Waals surface area contributed by atoms with Crippen LogP contribution in [0.1, 0.15) is 25.0 Å². The molecule has 0 unspecified atom stereocenters. The molecule has 0 bridgehead atoms. The summed E-state index contributed by atoms with van der Waals surface area (Å²) >= 11 is 7.56. The van der Waals surface area contributed by atoms with Gasteiger partial charge >= 0.3 is 0 Å². The molecule has 0 fully saturated rings. The first-order valence-corrected chi connectivity index (χ1v) is 9.51. The summed E-state index contributed by atoms with van der Waals surface area (Å²) in [6.45, 7) is 3.25. The second-order valence-corrected chi connectivity index (χ2v) is 6.97. The summed E-state index contributed by atoms with van der Waals surface area (Å²) in [6, 6.07) is 14.9. The number of halogens is 1. The molecule has 2 amide bonds. The second-order valence-electron chi connectivity index (χ2n) is 5.58. The molecule has 0 heterocycles. The number of amides is 2. The van der Waals surface area contributed by atoms with E-state index < -0.39 is 0 Å². The van der Waals surface area contributed by atoms with E-state index >= 15 is 0 Å². The van der Waals surface area contributed by atoms with Gasteiger partial charge in [-0.1, -0.05) is 41.9 Å². The van der Waals surface area contributed by atoms with Crippen LogP contribution in [0, 0.1) is 0 Å². The van der Waals surface area contributed by atoms with Crippen molar-refractivity contribution in [1.29, 1.82) is 0 Å². The zero-order chi connectivity index (χ0) is 18.9. The van der Waals surface area contributed by atoms with Crippen LogP contribution in [0.5, 0.6) is 0 Å². The van der Waals surface area contributed by atoms with Crippen LogP contribution in [0.25, 0.3) is 0 Å². The van der Waals surface area contributed by atoms with Gasteiger partial charge < -0.3 is 5.32 Å². The van der Waals surface area contributed by atoms with Crippen molar-refractivity contribution in [1.82, 2.24) is 5.43 Å². The topological polar surface area (TPSA) is 70.6 Å². The third kappa shape index (κ3) is 6.54. The van der Waals surface area contributed by atoms with Gasteiger partial charge in [0.05, 0.1) is 11.5 Å². The summed E-state index contributed by atoms with van der Waals surface area (Å²) in [6.07, 6.45) is 0. The maximum absolute atomic E-state index is 11.9. The molecule has 136 valence electrons. The lowest BCUT2D eigenvalue weighted by Crippen LogP contribution is -2.21. The molecule has 2 rings (SSSR count). The van der Waals surface area contributed by atoms with Crippen LogP contribution >= 0.6 is 23.4 Å². The van der Waals surface area contributed by atoms with Gasteiger partial charge in [-0.15, -0.1) is 11.8 Å². The minimum atomic E-state index is -0.181. The van der Waals surface area contributed by atoms with Gasteiger partial charge in [0, 0.05) is 23.4 Å². The summed E-state index contributed by atoms with van der Waals surface area (Å²) in [5.74, 6) is 0.627. The third-order valence-corrected chi connectivity index (χ3v) is 4.75. The first-order chi connectivity index (χ1) is 12.5. The van der Waals surface area contributed by atoms with E-state index in [1.165, 1.54) is 18.7 Å². The Morgan fingerprint density at radius 1 is 1.12 bits per heavy atom. The molecule has 0 spiro atoms. The normalized spacial score (nSPS) is 11.1. The van der Waals surface area contributed by atoms with Crippen molar-refractivity contribution in [2.24, 2.45) is 5.10 Å². The lowest BCUT2D eigenvalue weighted by Gasteiger charge is -2.06. The van der Waals surface area contributed by atoms with Crippen LogP contribution in [0.3, 0.4) is 0 Å². The number of hydrazone groups is 1. The van der Waals surface area contributed by atoms with Gasteiger partial charge in [-0.2, -0.15) is 5.10 Å². The minimum absolute atomic E-state index is 0.138. The van der Waals surface area contributed by atoms with E-state index in [9.17, 15) is 9.59 Å². The van der Waals surface area contributed by atoms with Crippen molar-refractivity contribution in [3.63, 3.8) is 0 Å². The van der Waals surface area contributed by atoms with E-state index in [1.54, 1.807) is 19.1 Å². The Labute approximate surface area is 162 Å². The summed E-state index contributed by atoms with van der Waals surface area (Å²) in [4.78, 5) is 23.1. The molecule has 2 aromatic rings. The number of hydrogen-bond acceptors (Lipinski definition) is 4. The molecule has 26 heavy (non-hydrogen) atoms. The lowest BCUT2D eigenvalue weighted by atomic mass is 10.1. The van der Waals surface area contributed by atoms with Gasteiger partial charge in [0.1, 0.15) is 0 Å². The highest BCUT2D eigenvalue weighted by atomic mass is 35.5. The SMILES string of the molecule is CC(=O)Nc1cccc(/C(C)=N\NC(=O)CSCc2ccccc2Cl)c1. The van der Waals surface area contributed by atoms with E-state index in [0.29, 0.717) is 22.2 Å². The number of carbonyl (C=O) groups is 2. The van der Waals surface area contributed by atoms with E-state index in [-0.39, 0.29) is 17.6 Å². The number of benzene rings is 2. The summed E-state index contributed by atoms with van der Waals surface area (Å²) in [5, 5.41) is 7.54. The lowest BCUT2D eigenvalue weighted by molar-refractivity contribution is -0.118. The van der Waals surface area contributed by atoms with Crippen molar-refractivity contribution in [2.45, 2.75) is 19.6 Å². The average Bonchev–Trinajstić information content (AvgIpc) is 2.61. The Hall–Kier alpha value is -2.31. The molecule has 0 radical (unpaired) electrons. The first-order valence-electron chi connectivity index (χ1n) is 7.98. The molecule has 0 aliphatic carbocycles. The fourth-order valence-electron chi connectivity index (χ4n) is 2.14. The quantitative estimate of drug-likeness (QED) is 0.553. The average molecular weight is 390 g/mol. The van der Waals surface area contributed by atoms with Gasteiger partial charge in [0.25, 0.3) is 0 Å². The van der Waals surface area contributed by atoms with Crippen molar-refractivity contribution in [2.75, 3.05) is 11.1 Å². The van der Waals surface area contributed by atoms with Crippen LogP contribution in [0.2, 0.25) is 5.02 Å². The molecule has 0 aliphatic heterocycles. The predicted octanol–water partition coefficient (Wildman–Crippen LogP) is 4.07. The fraction of sp³-hybridized carbons (Fsp3) is 0.211. The van der Waals surface area contributed by atoms with Gasteiger partial charge in [-0.05, 0) is 36.2 Å². The number of nitrogens with one attached hydrogen (secondary N) is 2. The highest BCUT2D eigenvalue weighted by Crippen LogP contribution is 2.20. The molecular formula is C19H20ClN3O2S. The van der Waals surface area contributed by atoms with Crippen LogP contribution < -0.4 is 10.7 Å². The molecule has 2 aromatic carbocycles. The van der Waals surface area contributed by atoms with Crippen molar-refractivity contribution >= 4 is 46.6 Å². The van der Waals surface area contributed by atoms with E-state index in [0.717, 1.165) is 11.1 Å². The highest BCUT2D eigenvalue weighted by Gasteiger charge is 2.05. The fourth-order valence-corrected chi connectivity index (χ4v) is 3.24. The molecular weight excluding hydrogens is 370 g/mol. The molecule has 7 heteroatoms. The molecule has 0 aromatic heterocycles. The summed E-state index contributed by atoms with van der Waals surface area (Å²) in [5.41, 5.74) is 5.71. The number of rotatable bonds is 7. The Balaban J connectivity index is 1.85. The van der Waals surface area contributed by atoms with Crippen molar-refractivity contribution < 1.29 is 9.59 Å². The molecule has 0 atom stereocenters. The predicted molar refractivity (Wildman–Crippen MR) is 109 cm³/mol. The van der Waals surface area contributed by atoms with Crippen LogP contribution in [-0.2, 0) is 15.3 Å². The number of nitrogens with zero attached hydrogens (tertiary/aromatic N) is 1. The minimum Gasteiger partial charge on any atom is -0.326 e. The van der Waals surface area contributed by atoms with Gasteiger partial charge in [0.15, 0.2) is 0 Å². The van der Waals surface area contributed by atoms with Gasteiger partial charge in [-0.25, -0.2) is 5.43 Å². The van der Waals surface area contributed by atoms with Gasteiger partial charge in [0.2, 0.25) is 11.8 Å². The van der Waals surface area contributed by atoms with Crippen molar-refractivity contribution in [3.05, 3.63) is 64.7 Å². The van der Waals surface area contributed by atoms with Crippen LogP contribution in [0.15, 0.2) is 53.6 Å². The highest BCUT2D eigenvalue weighted by molar-refractivity contribution is 7.99. The number of hydrogen-bond donors (Lipinski definition) is 2. The maximum atomic E-state index is 11.9. The Morgan fingerprint density at radius 2 is 1.88 bits per heavy atom. The monoisotopic (exact) mass is 389 g/mol. The number of carbonyl (C=O) groups excluding carboxylic acids is 2. The zero-order valence-corrected chi connectivity index (χ0v) is 16.2. The Kier molecular flexibility index (Phi) is 7.69. The van der Waals surface area contributed by atoms with Gasteiger partial charge in [-0.3, -0.25) is 9.59 Å². The summed E-state index contributed by atoms with van der Waals surface area (Å²) in [7, 11) is 0. The van der Waals surface area contributed by atoms with Crippen molar-refractivity contribution in [3.8, 4) is 0 Å². The maximum Gasteiger partial charge on any atom is 0.250 e. The third-order valence-electron chi connectivity index (χ3n) is 3.40. The molecule has 2 N–H and O–H groups in total. The zero-order valence-electron chi connectivity index (χ0n) is 14.6. The number of anilines is 1. The molecule has 0 aliphatic rings. The Bertz CT molecular complexity index is 824. The second kappa shape index (κ2) is 9.99. The van der Waals surface area contributed by atoms with E-state index in [2.05, 4.69) is 15.8 Å².